The van der Waals surface area contributed by atoms with Gasteiger partial charge in [-0.15, -0.1) is 0 Å². The predicted octanol–water partition coefficient (Wildman–Crippen LogP) is 3.48. The van der Waals surface area contributed by atoms with Gasteiger partial charge in [0.2, 0.25) is 0 Å². The van der Waals surface area contributed by atoms with Crippen LogP contribution in [0.15, 0.2) is 35.6 Å². The number of aromatic nitrogens is 1. The van der Waals surface area contributed by atoms with Gasteiger partial charge in [-0.2, -0.15) is 0 Å². The number of fused-ring (bicyclic) bond motifs is 1. The van der Waals surface area contributed by atoms with Crippen molar-refractivity contribution in [3.05, 3.63) is 53.1 Å². The van der Waals surface area contributed by atoms with E-state index in [1.165, 1.54) is 12.1 Å². The number of halogens is 1. The molecule has 1 aromatic carbocycles. The lowest BCUT2D eigenvalue weighted by atomic mass is 9.93. The zero-order valence-corrected chi connectivity index (χ0v) is 12.9. The highest BCUT2D eigenvalue weighted by molar-refractivity contribution is 6.15. The molecule has 0 atom stereocenters. The van der Waals surface area contributed by atoms with Gasteiger partial charge in [0.05, 0.1) is 17.0 Å². The van der Waals surface area contributed by atoms with Crippen molar-refractivity contribution in [2.45, 2.75) is 26.2 Å². The van der Waals surface area contributed by atoms with Crippen LogP contribution in [0.25, 0.3) is 0 Å². The number of hydrogen-bond donors (Lipinski definition) is 2. The zero-order valence-electron chi connectivity index (χ0n) is 12.9. The van der Waals surface area contributed by atoms with Gasteiger partial charge in [-0.05, 0) is 38.3 Å². The number of benzene rings is 1. The maximum Gasteiger partial charge on any atom is 0.257 e. The second-order valence-corrected chi connectivity index (χ2v) is 5.30. The molecule has 2 aromatic rings. The molecule has 0 saturated heterocycles. The summed E-state index contributed by atoms with van der Waals surface area (Å²) in [6.45, 7) is 2.33. The first-order valence-electron chi connectivity index (χ1n) is 7.66. The molecule has 120 valence electrons. The van der Waals surface area contributed by atoms with Crippen molar-refractivity contribution in [2.24, 2.45) is 5.16 Å². The lowest BCUT2D eigenvalue weighted by Gasteiger charge is -2.15. The number of nitrogens with zero attached hydrogens (tertiary/aromatic N) is 1. The lowest BCUT2D eigenvalue weighted by molar-refractivity contribution is 0.102. The molecule has 0 aliphatic heterocycles. The third kappa shape index (κ3) is 3.11. The Morgan fingerprint density at radius 2 is 2.22 bits per heavy atom. The molecule has 5 nitrogen and oxygen atoms in total. The van der Waals surface area contributed by atoms with E-state index in [4.69, 9.17) is 4.84 Å². The fraction of sp³-hybridized carbons (Fsp3) is 0.294. The largest absolute Gasteiger partial charge is 0.396 e. The maximum absolute atomic E-state index is 13.7. The first-order valence-corrected chi connectivity index (χ1v) is 7.66. The van der Waals surface area contributed by atoms with Crippen LogP contribution in [-0.2, 0) is 11.3 Å². The highest BCUT2D eigenvalue weighted by Crippen LogP contribution is 2.26. The molecule has 1 aliphatic carbocycles. The van der Waals surface area contributed by atoms with Gasteiger partial charge in [0.25, 0.3) is 5.91 Å². The van der Waals surface area contributed by atoms with Crippen molar-refractivity contribution in [1.29, 1.82) is 0 Å². The van der Waals surface area contributed by atoms with Gasteiger partial charge in [0.1, 0.15) is 12.4 Å². The molecule has 23 heavy (non-hydrogen) atoms. The molecule has 0 radical (unpaired) electrons. The van der Waals surface area contributed by atoms with Crippen LogP contribution in [0.2, 0.25) is 0 Å². The summed E-state index contributed by atoms with van der Waals surface area (Å²) in [7, 11) is 0. The van der Waals surface area contributed by atoms with Crippen LogP contribution < -0.4 is 5.32 Å². The second kappa shape index (κ2) is 6.64. The van der Waals surface area contributed by atoms with E-state index in [1.807, 2.05) is 6.92 Å². The molecule has 2 N–H and O–H groups in total. The van der Waals surface area contributed by atoms with E-state index in [0.717, 1.165) is 36.2 Å². The van der Waals surface area contributed by atoms with E-state index in [0.29, 0.717) is 12.2 Å². The number of rotatable bonds is 4. The van der Waals surface area contributed by atoms with Crippen molar-refractivity contribution < 1.29 is 14.0 Å². The number of para-hydroxylation sites is 1. The summed E-state index contributed by atoms with van der Waals surface area (Å²) in [6.07, 6.45) is 4.21. The van der Waals surface area contributed by atoms with E-state index in [9.17, 15) is 9.18 Å². The Hall–Kier alpha value is -2.63. The molecule has 0 fully saturated rings. The Morgan fingerprint density at radius 3 is 3.00 bits per heavy atom. The van der Waals surface area contributed by atoms with Crippen molar-refractivity contribution >= 4 is 17.3 Å². The number of H-pyrrole nitrogens is 1. The van der Waals surface area contributed by atoms with Gasteiger partial charge in [0, 0.05) is 17.5 Å². The Balaban J connectivity index is 1.91. The number of carbonyl (C=O) groups excluding carboxylic acids is 1. The van der Waals surface area contributed by atoms with E-state index < -0.39 is 5.82 Å². The number of anilines is 1. The monoisotopic (exact) mass is 315 g/mol. The van der Waals surface area contributed by atoms with Gasteiger partial charge in [0.15, 0.2) is 0 Å². The average molecular weight is 315 g/mol. The standard InChI is InChI=1S/C17H18FN3O2/c1-2-23-21-15-9-5-8-14-16(15)11(10-19-14)17(22)20-13-7-4-3-6-12(13)18/h3-4,6-7,10,19H,2,5,8-9H2,1H3,(H,20,22). The van der Waals surface area contributed by atoms with Crippen LogP contribution in [0, 0.1) is 5.82 Å². The smallest absolute Gasteiger partial charge is 0.257 e. The molecular weight excluding hydrogens is 297 g/mol. The third-order valence-electron chi connectivity index (χ3n) is 3.76. The zero-order chi connectivity index (χ0) is 16.2. The Morgan fingerprint density at radius 1 is 1.39 bits per heavy atom. The van der Waals surface area contributed by atoms with Gasteiger partial charge in [-0.3, -0.25) is 4.79 Å². The topological polar surface area (TPSA) is 66.5 Å². The predicted molar refractivity (Wildman–Crippen MR) is 86.2 cm³/mol. The van der Waals surface area contributed by atoms with Gasteiger partial charge in [-0.1, -0.05) is 17.3 Å². The Labute approximate surface area is 133 Å². The summed E-state index contributed by atoms with van der Waals surface area (Å²) in [4.78, 5) is 20.8. The first-order chi connectivity index (χ1) is 11.2. The molecule has 0 spiro atoms. The van der Waals surface area contributed by atoms with Crippen LogP contribution in [0.4, 0.5) is 10.1 Å². The van der Waals surface area contributed by atoms with Crippen molar-refractivity contribution in [3.63, 3.8) is 0 Å². The summed E-state index contributed by atoms with van der Waals surface area (Å²) in [5.74, 6) is -0.827. The van der Waals surface area contributed by atoms with Crippen LogP contribution in [0.1, 0.15) is 41.4 Å². The molecule has 3 rings (SSSR count). The summed E-state index contributed by atoms with van der Waals surface area (Å²) in [5.41, 5.74) is 3.12. The number of aromatic amines is 1. The average Bonchev–Trinajstić information content (AvgIpc) is 3.00. The van der Waals surface area contributed by atoms with Crippen molar-refractivity contribution in [1.82, 2.24) is 4.98 Å². The summed E-state index contributed by atoms with van der Waals surface area (Å²) >= 11 is 0. The Bertz CT molecular complexity index is 752. The van der Waals surface area contributed by atoms with Crippen molar-refractivity contribution in [3.8, 4) is 0 Å². The minimum atomic E-state index is -0.464. The second-order valence-electron chi connectivity index (χ2n) is 5.30. The number of hydrogen-bond acceptors (Lipinski definition) is 3. The van der Waals surface area contributed by atoms with Crippen LogP contribution >= 0.6 is 0 Å². The molecule has 6 heteroatoms. The number of aryl methyl sites for hydroxylation is 1. The normalized spacial score (nSPS) is 15.3. The minimum absolute atomic E-state index is 0.159. The molecule has 1 amide bonds. The molecular formula is C17H18FN3O2. The SMILES string of the molecule is CCON=C1CCCc2[nH]cc(C(=O)Nc3ccccc3F)c21. The van der Waals surface area contributed by atoms with Crippen LogP contribution in [0.3, 0.4) is 0 Å². The molecule has 0 bridgehead atoms. The first kappa shape index (κ1) is 15.3. The molecule has 1 aliphatic rings. The fourth-order valence-corrected chi connectivity index (χ4v) is 2.72. The van der Waals surface area contributed by atoms with Gasteiger partial charge < -0.3 is 15.1 Å². The Kier molecular flexibility index (Phi) is 4.41. The van der Waals surface area contributed by atoms with E-state index in [2.05, 4.69) is 15.5 Å². The third-order valence-corrected chi connectivity index (χ3v) is 3.76. The van der Waals surface area contributed by atoms with E-state index in [-0.39, 0.29) is 11.6 Å². The molecule has 0 saturated carbocycles. The van der Waals surface area contributed by atoms with Crippen molar-refractivity contribution in [2.75, 3.05) is 11.9 Å². The quantitative estimate of drug-likeness (QED) is 0.848. The number of carbonyl (C=O) groups is 1. The summed E-state index contributed by atoms with van der Waals surface area (Å²) in [5, 5.41) is 6.74. The number of amides is 1. The molecule has 0 unspecified atom stereocenters. The summed E-state index contributed by atoms with van der Waals surface area (Å²) in [6, 6.07) is 6.09. The lowest BCUT2D eigenvalue weighted by Crippen LogP contribution is -2.19. The molecule has 1 aromatic heterocycles. The van der Waals surface area contributed by atoms with E-state index in [1.54, 1.807) is 18.3 Å². The van der Waals surface area contributed by atoms with Crippen LogP contribution in [0.5, 0.6) is 0 Å². The number of nitrogens with one attached hydrogen (secondary N) is 2. The van der Waals surface area contributed by atoms with Crippen LogP contribution in [-0.4, -0.2) is 23.2 Å². The maximum atomic E-state index is 13.7. The highest BCUT2D eigenvalue weighted by Gasteiger charge is 2.25. The summed E-state index contributed by atoms with van der Waals surface area (Å²) < 4.78 is 13.7. The van der Waals surface area contributed by atoms with Gasteiger partial charge >= 0.3 is 0 Å². The van der Waals surface area contributed by atoms with Gasteiger partial charge in [-0.25, -0.2) is 4.39 Å². The molecule has 1 heterocycles. The number of oxime groups is 1. The fourth-order valence-electron chi connectivity index (χ4n) is 2.72. The van der Waals surface area contributed by atoms with E-state index >= 15 is 0 Å². The highest BCUT2D eigenvalue weighted by atomic mass is 19.1. The minimum Gasteiger partial charge on any atom is -0.396 e.